The smallest absolute Gasteiger partial charge is 0.459 e. The second-order valence-electron chi connectivity index (χ2n) is 9.38. The van der Waals surface area contributed by atoms with Gasteiger partial charge >= 0.3 is 13.7 Å². The Bertz CT molecular complexity index is 1420. The van der Waals surface area contributed by atoms with E-state index in [1.54, 1.807) is 32.0 Å². The Kier molecular flexibility index (Phi) is 8.64. The van der Waals surface area contributed by atoms with E-state index in [0.717, 1.165) is 10.9 Å². The fourth-order valence-electron chi connectivity index (χ4n) is 3.96. The molecule has 4 N–H and O–H groups in total. The van der Waals surface area contributed by atoms with E-state index in [2.05, 4.69) is 20.0 Å². The zero-order valence-corrected chi connectivity index (χ0v) is 23.3. The molecule has 218 valence electrons. The van der Waals surface area contributed by atoms with Gasteiger partial charge in [-0.05, 0) is 32.9 Å². The molecule has 13 nitrogen and oxygen atoms in total. The van der Waals surface area contributed by atoms with Crippen molar-refractivity contribution in [1.29, 1.82) is 0 Å². The van der Waals surface area contributed by atoms with Gasteiger partial charge in [-0.15, -0.1) is 0 Å². The maximum Gasteiger partial charge on any atom is 0.459 e. The first-order chi connectivity index (χ1) is 18.8. The number of imidazole rings is 1. The van der Waals surface area contributed by atoms with Crippen molar-refractivity contribution in [2.45, 2.75) is 50.4 Å². The largest absolute Gasteiger partial charge is 0.462 e. The van der Waals surface area contributed by atoms with Crippen LogP contribution in [0.2, 0.25) is 5.15 Å². The molecule has 1 aliphatic rings. The van der Waals surface area contributed by atoms with E-state index in [4.69, 9.17) is 35.9 Å². The van der Waals surface area contributed by atoms with Gasteiger partial charge in [0, 0.05) is 0 Å². The number of carbonyl (C=O) groups is 1. The van der Waals surface area contributed by atoms with Crippen molar-refractivity contribution in [3.05, 3.63) is 41.8 Å². The lowest BCUT2D eigenvalue weighted by Gasteiger charge is -2.33. The summed E-state index contributed by atoms with van der Waals surface area (Å²) in [7, 11) is -4.49. The monoisotopic (exact) mass is 604 g/mol. The second-order valence-corrected chi connectivity index (χ2v) is 11.4. The normalized spacial score (nSPS) is 25.1. The van der Waals surface area contributed by atoms with Gasteiger partial charge in [-0.1, -0.05) is 29.8 Å². The Morgan fingerprint density at radius 2 is 2.05 bits per heavy atom. The molecule has 0 radical (unpaired) electrons. The average molecular weight is 605 g/mol. The van der Waals surface area contributed by atoms with Crippen LogP contribution in [-0.2, 0) is 29.1 Å². The van der Waals surface area contributed by atoms with Crippen LogP contribution in [0.25, 0.3) is 11.2 Å². The van der Waals surface area contributed by atoms with Crippen LogP contribution in [0.15, 0.2) is 36.7 Å². The first kappa shape index (κ1) is 30.0. The molecular weight excluding hydrogens is 577 g/mol. The van der Waals surface area contributed by atoms with Crippen molar-refractivity contribution >= 4 is 42.4 Å². The number of aliphatic hydroxyl groups is 1. The van der Waals surface area contributed by atoms with E-state index in [1.807, 2.05) is 0 Å². The number of benzene rings is 1. The fourth-order valence-corrected chi connectivity index (χ4v) is 5.73. The number of anilines is 1. The number of alkyl halides is 2. The third-order valence-electron chi connectivity index (χ3n) is 5.98. The zero-order valence-electron chi connectivity index (χ0n) is 21.7. The van der Waals surface area contributed by atoms with Crippen LogP contribution in [0.3, 0.4) is 0 Å². The van der Waals surface area contributed by atoms with Gasteiger partial charge in [-0.2, -0.15) is 15.1 Å². The Balaban J connectivity index is 1.61. The van der Waals surface area contributed by atoms with Crippen molar-refractivity contribution in [1.82, 2.24) is 24.6 Å². The molecule has 1 aliphatic heterocycles. The van der Waals surface area contributed by atoms with Gasteiger partial charge in [0.25, 0.3) is 0 Å². The van der Waals surface area contributed by atoms with E-state index >= 15 is 4.39 Å². The number of esters is 1. The van der Waals surface area contributed by atoms with E-state index in [9.17, 15) is 18.9 Å². The van der Waals surface area contributed by atoms with Gasteiger partial charge in [0.2, 0.25) is 11.7 Å². The van der Waals surface area contributed by atoms with E-state index < -0.39 is 63.2 Å². The van der Waals surface area contributed by atoms with E-state index in [-0.39, 0.29) is 28.0 Å². The molecule has 0 amide bonds. The molecule has 5 atom stereocenters. The molecule has 17 heteroatoms. The van der Waals surface area contributed by atoms with Crippen LogP contribution in [0.4, 0.5) is 14.7 Å². The summed E-state index contributed by atoms with van der Waals surface area (Å²) in [6.45, 7) is 1.34. The van der Waals surface area contributed by atoms with Crippen LogP contribution in [0.5, 0.6) is 5.75 Å². The first-order valence-corrected chi connectivity index (χ1v) is 14.0. The number of hydrogen-bond acceptors (Lipinski definition) is 11. The summed E-state index contributed by atoms with van der Waals surface area (Å²) in [4.78, 5) is 24.0. The number of halogens is 3. The number of rotatable bonds is 11. The highest BCUT2D eigenvalue weighted by Crippen LogP contribution is 2.49. The minimum Gasteiger partial charge on any atom is -0.462 e. The third-order valence-corrected chi connectivity index (χ3v) is 7.87. The molecule has 4 rings (SSSR count). The molecule has 0 aliphatic carbocycles. The van der Waals surface area contributed by atoms with Gasteiger partial charge < -0.3 is 24.8 Å². The molecule has 1 aromatic carbocycles. The third kappa shape index (κ3) is 5.90. The highest BCUT2D eigenvalue weighted by atomic mass is 35.5. The van der Waals surface area contributed by atoms with Crippen LogP contribution in [0, 0.1) is 0 Å². The summed E-state index contributed by atoms with van der Waals surface area (Å²) in [5, 5.41) is 13.4. The molecule has 0 saturated carbocycles. The molecule has 0 bridgehead atoms. The van der Waals surface area contributed by atoms with Crippen LogP contribution < -0.4 is 15.3 Å². The molecule has 1 saturated heterocycles. The van der Waals surface area contributed by atoms with Gasteiger partial charge in [-0.3, -0.25) is 13.9 Å². The average Bonchev–Trinajstić information content (AvgIpc) is 3.43. The standard InChI is InChI=1S/C23H28ClF2N6O7P/c1-13(2)38-19(33)14(3)31-40(35,39-15-7-5-4-6-8-15)37-10-22(9-25)20(34)23(26,11-36-22)32-12-28-16-17(24)29-21(27)30-18(16)32/h4-8,12-14,20,34H,9-11H2,1-3H3,(H,31,35)(H2,27,29,30)/t14-,20-,22-,23-,40?/m1/s1. The molecule has 3 aromatic rings. The lowest BCUT2D eigenvalue weighted by molar-refractivity contribution is -0.149. The highest BCUT2D eigenvalue weighted by molar-refractivity contribution is 7.52. The minimum atomic E-state index is -4.49. The van der Waals surface area contributed by atoms with Gasteiger partial charge in [0.05, 0.1) is 19.0 Å². The van der Waals surface area contributed by atoms with Gasteiger partial charge in [-0.25, -0.2) is 18.3 Å². The quantitative estimate of drug-likeness (QED) is 0.166. The van der Waals surface area contributed by atoms with Gasteiger partial charge in [0.1, 0.15) is 36.7 Å². The maximum atomic E-state index is 16.4. The number of para-hydroxylation sites is 1. The van der Waals surface area contributed by atoms with Gasteiger partial charge in [0.15, 0.2) is 16.4 Å². The summed E-state index contributed by atoms with van der Waals surface area (Å²) in [5.74, 6) is -3.78. The summed E-state index contributed by atoms with van der Waals surface area (Å²) < 4.78 is 67.0. The predicted octanol–water partition coefficient (Wildman–Crippen LogP) is 2.92. The summed E-state index contributed by atoms with van der Waals surface area (Å²) in [5.41, 5.74) is 3.09. The van der Waals surface area contributed by atoms with Crippen molar-refractivity contribution in [2.24, 2.45) is 0 Å². The number of aromatic nitrogens is 4. The van der Waals surface area contributed by atoms with Crippen LogP contribution in [0.1, 0.15) is 20.8 Å². The molecule has 1 fully saturated rings. The Morgan fingerprint density at radius 1 is 1.35 bits per heavy atom. The van der Waals surface area contributed by atoms with E-state index in [1.165, 1.54) is 19.1 Å². The summed E-state index contributed by atoms with van der Waals surface area (Å²) >= 11 is 6.02. The number of hydrogen-bond donors (Lipinski definition) is 3. The summed E-state index contributed by atoms with van der Waals surface area (Å²) in [6.07, 6.45) is -1.71. The predicted molar refractivity (Wildman–Crippen MR) is 139 cm³/mol. The maximum absolute atomic E-state index is 16.4. The van der Waals surface area contributed by atoms with Crippen molar-refractivity contribution < 1.29 is 41.8 Å². The van der Waals surface area contributed by atoms with Crippen LogP contribution in [-0.4, -0.2) is 74.3 Å². The number of carbonyl (C=O) groups excluding carboxylic acids is 1. The highest BCUT2D eigenvalue weighted by Gasteiger charge is 2.62. The number of ether oxygens (including phenoxy) is 2. The topological polar surface area (TPSA) is 173 Å². The number of fused-ring (bicyclic) bond motifs is 1. The Morgan fingerprint density at radius 3 is 2.70 bits per heavy atom. The number of nitrogens with one attached hydrogen (secondary N) is 1. The molecule has 3 heterocycles. The Hall–Kier alpha value is -2.94. The van der Waals surface area contributed by atoms with Crippen molar-refractivity contribution in [2.75, 3.05) is 25.6 Å². The fraction of sp³-hybridized carbons (Fsp3) is 0.478. The lowest BCUT2D eigenvalue weighted by Crippen LogP contribution is -2.53. The first-order valence-electron chi connectivity index (χ1n) is 12.0. The number of nitrogens with zero attached hydrogens (tertiary/aromatic N) is 4. The SMILES string of the molecule is CC(C)OC(=O)[C@@H](C)NP(=O)(OC[C@@]1(CF)OC[C@@](F)(n2cnc3c(Cl)nc(N)nc32)[C@@H]1O)Oc1ccccc1. The molecule has 1 unspecified atom stereocenters. The number of nitrogen functional groups attached to an aromatic ring is 1. The Labute approximate surface area is 232 Å². The molecule has 40 heavy (non-hydrogen) atoms. The lowest BCUT2D eigenvalue weighted by atomic mass is 9.95. The van der Waals surface area contributed by atoms with Crippen molar-refractivity contribution in [3.8, 4) is 5.75 Å². The van der Waals surface area contributed by atoms with Crippen LogP contribution >= 0.6 is 19.3 Å². The number of aliphatic hydroxyl groups excluding tert-OH is 1. The molecule has 2 aromatic heterocycles. The zero-order chi connectivity index (χ0) is 29.3. The minimum absolute atomic E-state index is 0.0127. The van der Waals surface area contributed by atoms with Crippen molar-refractivity contribution in [3.63, 3.8) is 0 Å². The molecular formula is C23H28ClF2N6O7P. The molecule has 0 spiro atoms. The van der Waals surface area contributed by atoms with E-state index in [0.29, 0.717) is 0 Å². The number of nitrogens with two attached hydrogens (primary N) is 1. The second kappa shape index (κ2) is 11.5. The summed E-state index contributed by atoms with van der Waals surface area (Å²) in [6, 6.07) is 6.62.